The van der Waals surface area contributed by atoms with Gasteiger partial charge in [0.15, 0.2) is 0 Å². The third-order valence-electron chi connectivity index (χ3n) is 5.48. The van der Waals surface area contributed by atoms with Gasteiger partial charge in [-0.3, -0.25) is 0 Å². The predicted molar refractivity (Wildman–Crippen MR) is 96.7 cm³/mol. The Labute approximate surface area is 149 Å². The molecule has 4 atom stereocenters. The fraction of sp³-hybridized carbons (Fsp3) is 0.400. The minimum absolute atomic E-state index is 0.0366. The molecule has 4 rings (SSSR count). The van der Waals surface area contributed by atoms with Crippen LogP contribution >= 0.6 is 0 Å². The molecule has 2 aliphatic rings. The molecule has 0 spiro atoms. The number of aryl methyl sites for hydroxylation is 1. The van der Waals surface area contributed by atoms with Crippen LogP contribution in [0.1, 0.15) is 30.5 Å². The monoisotopic (exact) mass is 357 g/mol. The highest BCUT2D eigenvalue weighted by atomic mass is 32.2. The zero-order valence-corrected chi connectivity index (χ0v) is 15.3. The number of sulfonamides is 1. The van der Waals surface area contributed by atoms with E-state index >= 15 is 0 Å². The normalized spacial score (nSPS) is 29.7. The van der Waals surface area contributed by atoms with Crippen LogP contribution in [0.2, 0.25) is 0 Å². The maximum absolute atomic E-state index is 13.4. The second-order valence-corrected chi connectivity index (χ2v) is 8.88. The lowest BCUT2D eigenvalue weighted by Gasteiger charge is -2.30. The highest BCUT2D eigenvalue weighted by molar-refractivity contribution is 7.89. The van der Waals surface area contributed by atoms with Crippen molar-refractivity contribution in [3.05, 3.63) is 65.7 Å². The Bertz CT molecular complexity index is 848. The first kappa shape index (κ1) is 16.8. The summed E-state index contributed by atoms with van der Waals surface area (Å²) in [5.74, 6) is 0.206. The first-order valence-electron chi connectivity index (χ1n) is 8.77. The topological polar surface area (TPSA) is 46.6 Å². The SMILES string of the molecule is Cc1ccc(S(=O)(=O)N2[C@@H](C)[C@H]3OCC[C@H]3[C@@H]2c2ccccc2)cc1. The summed E-state index contributed by atoms with van der Waals surface area (Å²) >= 11 is 0. The quantitative estimate of drug-likeness (QED) is 0.844. The molecule has 0 bridgehead atoms. The van der Waals surface area contributed by atoms with Crippen molar-refractivity contribution in [2.45, 2.75) is 43.4 Å². The molecule has 0 aliphatic carbocycles. The molecular weight excluding hydrogens is 334 g/mol. The number of hydrogen-bond acceptors (Lipinski definition) is 3. The molecule has 2 saturated heterocycles. The molecule has 0 unspecified atom stereocenters. The number of hydrogen-bond donors (Lipinski definition) is 0. The Balaban J connectivity index is 1.81. The average molecular weight is 357 g/mol. The molecule has 2 heterocycles. The average Bonchev–Trinajstić information content (AvgIpc) is 3.18. The molecule has 2 aliphatic heterocycles. The van der Waals surface area contributed by atoms with Crippen molar-refractivity contribution in [3.8, 4) is 0 Å². The molecule has 25 heavy (non-hydrogen) atoms. The van der Waals surface area contributed by atoms with Gasteiger partial charge in [0.1, 0.15) is 0 Å². The summed E-state index contributed by atoms with van der Waals surface area (Å²) in [6, 6.07) is 16.7. The Morgan fingerprint density at radius 2 is 1.72 bits per heavy atom. The summed E-state index contributed by atoms with van der Waals surface area (Å²) in [6.45, 7) is 4.64. The maximum atomic E-state index is 13.4. The van der Waals surface area contributed by atoms with Crippen molar-refractivity contribution >= 4 is 10.0 Å². The fourth-order valence-corrected chi connectivity index (χ4v) is 6.15. The van der Waals surface area contributed by atoms with Crippen molar-refractivity contribution in [1.82, 2.24) is 4.31 Å². The van der Waals surface area contributed by atoms with Crippen LogP contribution in [0.3, 0.4) is 0 Å². The van der Waals surface area contributed by atoms with Gasteiger partial charge in [-0.1, -0.05) is 48.0 Å². The standard InChI is InChI=1S/C20H23NO3S/c1-14-8-10-17(11-9-14)25(22,23)21-15(2)20-18(12-13-24-20)19(21)16-6-4-3-5-7-16/h3-11,15,18-20H,12-13H2,1-2H3/t15-,18-,19-,20+/m0/s1. The van der Waals surface area contributed by atoms with Crippen LogP contribution in [0.5, 0.6) is 0 Å². The van der Waals surface area contributed by atoms with Crippen molar-refractivity contribution in [3.63, 3.8) is 0 Å². The second kappa shape index (κ2) is 6.24. The van der Waals surface area contributed by atoms with Gasteiger partial charge in [-0.25, -0.2) is 8.42 Å². The summed E-state index contributed by atoms with van der Waals surface area (Å²) in [7, 11) is -3.59. The largest absolute Gasteiger partial charge is 0.376 e. The van der Waals surface area contributed by atoms with Gasteiger partial charge in [0, 0.05) is 18.6 Å². The minimum atomic E-state index is -3.59. The number of benzene rings is 2. The summed E-state index contributed by atoms with van der Waals surface area (Å²) in [5, 5.41) is 0. The Hall–Kier alpha value is -1.69. The van der Waals surface area contributed by atoms with Gasteiger partial charge < -0.3 is 4.74 Å². The summed E-state index contributed by atoms with van der Waals surface area (Å²) < 4.78 is 34.5. The van der Waals surface area contributed by atoms with Crippen LogP contribution in [0.15, 0.2) is 59.5 Å². The first-order valence-corrected chi connectivity index (χ1v) is 10.2. The lowest BCUT2D eigenvalue weighted by molar-refractivity contribution is 0.0800. The van der Waals surface area contributed by atoms with Gasteiger partial charge in [0.25, 0.3) is 0 Å². The van der Waals surface area contributed by atoms with E-state index in [-0.39, 0.29) is 24.1 Å². The van der Waals surface area contributed by atoms with Crippen LogP contribution in [0.25, 0.3) is 0 Å². The van der Waals surface area contributed by atoms with Crippen LogP contribution < -0.4 is 0 Å². The number of ether oxygens (including phenoxy) is 1. The van der Waals surface area contributed by atoms with Gasteiger partial charge in [-0.2, -0.15) is 4.31 Å². The summed E-state index contributed by atoms with van der Waals surface area (Å²) in [5.41, 5.74) is 2.09. The smallest absolute Gasteiger partial charge is 0.243 e. The third kappa shape index (κ3) is 2.71. The predicted octanol–water partition coefficient (Wildman–Crippen LogP) is 3.53. The zero-order valence-electron chi connectivity index (χ0n) is 14.5. The zero-order chi connectivity index (χ0) is 17.6. The van der Waals surface area contributed by atoms with E-state index in [1.54, 1.807) is 16.4 Å². The number of rotatable bonds is 3. The molecule has 0 radical (unpaired) electrons. The Morgan fingerprint density at radius 3 is 2.40 bits per heavy atom. The van der Waals surface area contributed by atoms with Gasteiger partial charge in [0.2, 0.25) is 10.0 Å². The fourth-order valence-electron chi connectivity index (χ4n) is 4.29. The van der Waals surface area contributed by atoms with E-state index in [9.17, 15) is 8.42 Å². The highest BCUT2D eigenvalue weighted by Gasteiger charge is 2.54. The molecule has 0 saturated carbocycles. The number of fused-ring (bicyclic) bond motifs is 1. The Kier molecular flexibility index (Phi) is 4.18. The first-order chi connectivity index (χ1) is 12.0. The molecule has 2 fully saturated rings. The van der Waals surface area contributed by atoms with E-state index < -0.39 is 10.0 Å². The van der Waals surface area contributed by atoms with Gasteiger partial charge in [-0.15, -0.1) is 0 Å². The molecule has 0 aromatic heterocycles. The van der Waals surface area contributed by atoms with Crippen molar-refractivity contribution < 1.29 is 13.2 Å². The second-order valence-electron chi connectivity index (χ2n) is 7.03. The summed E-state index contributed by atoms with van der Waals surface area (Å²) in [6.07, 6.45) is 0.861. The molecule has 0 N–H and O–H groups in total. The minimum Gasteiger partial charge on any atom is -0.376 e. The van der Waals surface area contributed by atoms with Crippen molar-refractivity contribution in [1.29, 1.82) is 0 Å². The van der Waals surface area contributed by atoms with Crippen LogP contribution in [0.4, 0.5) is 0 Å². The van der Waals surface area contributed by atoms with Gasteiger partial charge >= 0.3 is 0 Å². The van der Waals surface area contributed by atoms with Crippen molar-refractivity contribution in [2.24, 2.45) is 5.92 Å². The van der Waals surface area contributed by atoms with Gasteiger partial charge in [-0.05, 0) is 38.0 Å². The lowest BCUT2D eigenvalue weighted by atomic mass is 9.91. The number of nitrogens with zero attached hydrogens (tertiary/aromatic N) is 1. The molecule has 0 amide bonds. The third-order valence-corrected chi connectivity index (χ3v) is 7.46. The Morgan fingerprint density at radius 1 is 1.04 bits per heavy atom. The molecule has 5 heteroatoms. The molecule has 4 nitrogen and oxygen atoms in total. The van der Waals surface area contributed by atoms with Gasteiger partial charge in [0.05, 0.1) is 17.0 Å². The molecule has 2 aromatic carbocycles. The molecule has 2 aromatic rings. The highest BCUT2D eigenvalue weighted by Crippen LogP contribution is 2.49. The molecule has 132 valence electrons. The van der Waals surface area contributed by atoms with E-state index in [2.05, 4.69) is 0 Å². The lowest BCUT2D eigenvalue weighted by Crippen LogP contribution is -2.39. The summed E-state index contributed by atoms with van der Waals surface area (Å²) in [4.78, 5) is 0.353. The van der Waals surface area contributed by atoms with Crippen LogP contribution in [-0.2, 0) is 14.8 Å². The van der Waals surface area contributed by atoms with E-state index in [4.69, 9.17) is 4.74 Å². The van der Waals surface area contributed by atoms with E-state index in [1.807, 2.05) is 56.3 Å². The van der Waals surface area contributed by atoms with Crippen LogP contribution in [0, 0.1) is 12.8 Å². The molecular formula is C20H23NO3S. The van der Waals surface area contributed by atoms with Crippen molar-refractivity contribution in [2.75, 3.05) is 6.61 Å². The van der Waals surface area contributed by atoms with E-state index in [0.29, 0.717) is 11.5 Å². The maximum Gasteiger partial charge on any atom is 0.243 e. The van der Waals surface area contributed by atoms with E-state index in [1.165, 1.54) is 0 Å². The van der Waals surface area contributed by atoms with Crippen LogP contribution in [-0.4, -0.2) is 31.5 Å². The van der Waals surface area contributed by atoms with E-state index in [0.717, 1.165) is 17.5 Å².